The molecule has 25 heavy (non-hydrogen) atoms. The van der Waals surface area contributed by atoms with Crippen LogP contribution in [0.5, 0.6) is 5.75 Å². The monoisotopic (exact) mass is 377 g/mol. The molecule has 2 rings (SSSR count). The number of benzene rings is 2. The molecule has 0 heterocycles. The van der Waals surface area contributed by atoms with Crippen LogP contribution >= 0.6 is 23.4 Å². The summed E-state index contributed by atoms with van der Waals surface area (Å²) in [5.74, 6) is 2.45. The zero-order chi connectivity index (χ0) is 18.1. The van der Waals surface area contributed by atoms with Crippen molar-refractivity contribution in [2.24, 2.45) is 0 Å². The summed E-state index contributed by atoms with van der Waals surface area (Å²) in [7, 11) is 0. The smallest absolute Gasteiger partial charge is 0.230 e. The van der Waals surface area contributed by atoms with E-state index in [1.165, 1.54) is 5.56 Å². The molecule has 1 amide bonds. The summed E-state index contributed by atoms with van der Waals surface area (Å²) in [4.78, 5) is 11.9. The van der Waals surface area contributed by atoms with Crippen molar-refractivity contribution in [3.63, 3.8) is 0 Å². The van der Waals surface area contributed by atoms with Crippen LogP contribution in [-0.4, -0.2) is 24.8 Å². The number of ether oxygens (including phenoxy) is 1. The Morgan fingerprint density at radius 1 is 1.16 bits per heavy atom. The van der Waals surface area contributed by atoms with E-state index in [1.54, 1.807) is 11.8 Å². The summed E-state index contributed by atoms with van der Waals surface area (Å²) >= 11 is 7.66. The number of carbonyl (C=O) groups is 1. The molecule has 0 aliphatic rings. The van der Waals surface area contributed by atoms with E-state index in [1.807, 2.05) is 42.5 Å². The molecule has 0 aliphatic heterocycles. The van der Waals surface area contributed by atoms with Crippen LogP contribution in [0.25, 0.3) is 0 Å². The molecule has 0 fully saturated rings. The highest BCUT2D eigenvalue weighted by molar-refractivity contribution is 7.99. The van der Waals surface area contributed by atoms with Crippen LogP contribution in [0.1, 0.15) is 30.9 Å². The molecule has 0 aromatic heterocycles. The van der Waals surface area contributed by atoms with Gasteiger partial charge in [-0.25, -0.2) is 0 Å². The van der Waals surface area contributed by atoms with Gasteiger partial charge in [0.1, 0.15) is 12.4 Å². The average Bonchev–Trinajstić information content (AvgIpc) is 2.60. The van der Waals surface area contributed by atoms with Crippen LogP contribution in [0.15, 0.2) is 48.5 Å². The lowest BCUT2D eigenvalue weighted by atomic mass is 10.0. The molecule has 0 unspecified atom stereocenters. The minimum Gasteiger partial charge on any atom is -0.491 e. The van der Waals surface area contributed by atoms with Crippen LogP contribution in [0.2, 0.25) is 5.02 Å². The van der Waals surface area contributed by atoms with Crippen LogP contribution < -0.4 is 10.1 Å². The normalized spacial score (nSPS) is 10.7. The Hall–Kier alpha value is -1.65. The first-order valence-electron chi connectivity index (χ1n) is 8.37. The Bertz CT molecular complexity index is 691. The van der Waals surface area contributed by atoms with Crippen molar-refractivity contribution in [3.8, 4) is 5.75 Å². The average molecular weight is 378 g/mol. The number of amides is 1. The summed E-state index contributed by atoms with van der Waals surface area (Å²) in [6.07, 6.45) is 0. The van der Waals surface area contributed by atoms with Gasteiger partial charge in [-0.1, -0.05) is 61.8 Å². The Morgan fingerprint density at radius 2 is 1.88 bits per heavy atom. The van der Waals surface area contributed by atoms with E-state index in [2.05, 4.69) is 25.2 Å². The van der Waals surface area contributed by atoms with E-state index >= 15 is 0 Å². The lowest BCUT2D eigenvalue weighted by molar-refractivity contribution is -0.118. The van der Waals surface area contributed by atoms with Crippen molar-refractivity contribution in [2.45, 2.75) is 25.5 Å². The van der Waals surface area contributed by atoms with Gasteiger partial charge in [-0.05, 0) is 29.2 Å². The zero-order valence-electron chi connectivity index (χ0n) is 14.6. The summed E-state index contributed by atoms with van der Waals surface area (Å²) in [5, 5.41) is 3.63. The second-order valence-corrected chi connectivity index (χ2v) is 7.37. The highest BCUT2D eigenvalue weighted by Crippen LogP contribution is 2.25. The summed E-state index contributed by atoms with van der Waals surface area (Å²) in [6.45, 7) is 5.24. The molecule has 0 saturated heterocycles. The number of rotatable bonds is 9. The third-order valence-electron chi connectivity index (χ3n) is 3.67. The molecular weight excluding hydrogens is 354 g/mol. The fourth-order valence-electron chi connectivity index (χ4n) is 2.36. The molecule has 0 bridgehead atoms. The molecule has 5 heteroatoms. The maximum atomic E-state index is 11.9. The van der Waals surface area contributed by atoms with Crippen LogP contribution in [0, 0.1) is 0 Å². The predicted molar refractivity (Wildman–Crippen MR) is 107 cm³/mol. The number of nitrogens with one attached hydrogen (secondary N) is 1. The molecule has 3 nitrogen and oxygen atoms in total. The van der Waals surface area contributed by atoms with E-state index in [4.69, 9.17) is 16.3 Å². The van der Waals surface area contributed by atoms with Crippen molar-refractivity contribution in [1.82, 2.24) is 5.32 Å². The second-order valence-electron chi connectivity index (χ2n) is 5.98. The van der Waals surface area contributed by atoms with E-state index in [9.17, 15) is 4.79 Å². The summed E-state index contributed by atoms with van der Waals surface area (Å²) in [5.41, 5.74) is 2.24. The molecule has 2 aromatic carbocycles. The maximum absolute atomic E-state index is 11.9. The minimum absolute atomic E-state index is 0.0119. The molecule has 134 valence electrons. The van der Waals surface area contributed by atoms with Crippen LogP contribution in [0.3, 0.4) is 0 Å². The van der Waals surface area contributed by atoms with E-state index in [0.29, 0.717) is 24.8 Å². The first-order chi connectivity index (χ1) is 12.1. The molecule has 0 atom stereocenters. The molecule has 1 N–H and O–H groups in total. The van der Waals surface area contributed by atoms with E-state index < -0.39 is 0 Å². The molecule has 0 aliphatic carbocycles. The number of hydrogen-bond acceptors (Lipinski definition) is 3. The number of para-hydroxylation sites is 1. The Labute approximate surface area is 159 Å². The van der Waals surface area contributed by atoms with Crippen molar-refractivity contribution >= 4 is 29.3 Å². The summed E-state index contributed by atoms with van der Waals surface area (Å²) in [6, 6.07) is 15.7. The Morgan fingerprint density at radius 3 is 2.64 bits per heavy atom. The largest absolute Gasteiger partial charge is 0.491 e. The fraction of sp³-hybridized carbons (Fsp3) is 0.350. The molecule has 2 aromatic rings. The van der Waals surface area contributed by atoms with Crippen molar-refractivity contribution in [3.05, 3.63) is 64.7 Å². The lowest BCUT2D eigenvalue weighted by Gasteiger charge is -2.14. The predicted octanol–water partition coefficient (Wildman–Crippen LogP) is 4.89. The van der Waals surface area contributed by atoms with Gasteiger partial charge in [0.05, 0.1) is 12.3 Å². The van der Waals surface area contributed by atoms with Gasteiger partial charge in [-0.2, -0.15) is 0 Å². The maximum Gasteiger partial charge on any atom is 0.230 e. The van der Waals surface area contributed by atoms with E-state index in [-0.39, 0.29) is 5.91 Å². The van der Waals surface area contributed by atoms with Crippen LogP contribution in [-0.2, 0) is 10.5 Å². The third kappa shape index (κ3) is 6.63. The SMILES string of the molecule is CC(C)c1ccccc1OCCNC(=O)CSCc1ccccc1Cl. The molecule has 0 spiro atoms. The van der Waals surface area contributed by atoms with Gasteiger partial charge in [0.25, 0.3) is 0 Å². The van der Waals surface area contributed by atoms with Gasteiger partial charge < -0.3 is 10.1 Å². The summed E-state index contributed by atoms with van der Waals surface area (Å²) < 4.78 is 5.80. The zero-order valence-corrected chi connectivity index (χ0v) is 16.2. The fourth-order valence-corrected chi connectivity index (χ4v) is 3.50. The second kappa shape index (κ2) is 10.4. The first kappa shape index (κ1) is 19.7. The van der Waals surface area contributed by atoms with Gasteiger partial charge in [0.15, 0.2) is 0 Å². The van der Waals surface area contributed by atoms with Gasteiger partial charge in [0, 0.05) is 10.8 Å². The number of thioether (sulfide) groups is 1. The van der Waals surface area contributed by atoms with Crippen molar-refractivity contribution in [2.75, 3.05) is 18.9 Å². The number of halogens is 1. The van der Waals surface area contributed by atoms with Gasteiger partial charge in [-0.3, -0.25) is 4.79 Å². The topological polar surface area (TPSA) is 38.3 Å². The standard InChI is InChI=1S/C20H24ClNO2S/c1-15(2)17-8-4-6-10-19(17)24-12-11-22-20(23)14-25-13-16-7-3-5-9-18(16)21/h3-10,15H,11-14H2,1-2H3,(H,22,23). The number of carbonyl (C=O) groups excluding carboxylic acids is 1. The van der Waals surface area contributed by atoms with Gasteiger partial charge in [0.2, 0.25) is 5.91 Å². The minimum atomic E-state index is 0.0119. The highest BCUT2D eigenvalue weighted by Gasteiger charge is 2.07. The Kier molecular flexibility index (Phi) is 8.16. The van der Waals surface area contributed by atoms with Gasteiger partial charge in [-0.15, -0.1) is 11.8 Å². The Balaban J connectivity index is 1.65. The van der Waals surface area contributed by atoms with Crippen LogP contribution in [0.4, 0.5) is 0 Å². The first-order valence-corrected chi connectivity index (χ1v) is 9.90. The van der Waals surface area contributed by atoms with Gasteiger partial charge >= 0.3 is 0 Å². The third-order valence-corrected chi connectivity index (χ3v) is 5.02. The number of hydrogen-bond donors (Lipinski definition) is 1. The molecule has 0 saturated carbocycles. The quantitative estimate of drug-likeness (QED) is 0.632. The highest BCUT2D eigenvalue weighted by atomic mass is 35.5. The molecule has 0 radical (unpaired) electrons. The van der Waals surface area contributed by atoms with Crippen molar-refractivity contribution < 1.29 is 9.53 Å². The van der Waals surface area contributed by atoms with E-state index in [0.717, 1.165) is 22.1 Å². The van der Waals surface area contributed by atoms with Crippen molar-refractivity contribution in [1.29, 1.82) is 0 Å². The molecular formula is C20H24ClNO2S. The lowest BCUT2D eigenvalue weighted by Crippen LogP contribution is -2.29.